The maximum Gasteiger partial charge on any atom is 0.130 e. The number of nitrogens with zero attached hydrogens (tertiary/aromatic N) is 2. The van der Waals surface area contributed by atoms with E-state index in [1.165, 1.54) is 12.1 Å². The van der Waals surface area contributed by atoms with E-state index in [-0.39, 0.29) is 11.7 Å². The highest BCUT2D eigenvalue weighted by Crippen LogP contribution is 2.27. The number of aryl methyl sites for hydroxylation is 2. The van der Waals surface area contributed by atoms with Crippen molar-refractivity contribution in [3.8, 4) is 0 Å². The summed E-state index contributed by atoms with van der Waals surface area (Å²) in [6.07, 6.45) is 0.783. The van der Waals surface area contributed by atoms with Crippen LogP contribution in [0.5, 0.6) is 0 Å². The Bertz CT molecular complexity index is 578. The Hall–Kier alpha value is -1.39. The Morgan fingerprint density at radius 2 is 2.00 bits per heavy atom. The van der Waals surface area contributed by atoms with Gasteiger partial charge in [0.1, 0.15) is 11.0 Å². The van der Waals surface area contributed by atoms with Gasteiger partial charge >= 0.3 is 0 Å². The SMILES string of the molecule is CNCC(Cc1c(C)nn(C)c1Cl)c1ccc(F)cc1. The van der Waals surface area contributed by atoms with Crippen LogP contribution in [0.1, 0.15) is 22.7 Å². The van der Waals surface area contributed by atoms with Crippen LogP contribution in [0.25, 0.3) is 0 Å². The summed E-state index contributed by atoms with van der Waals surface area (Å²) >= 11 is 6.29. The van der Waals surface area contributed by atoms with Crippen molar-refractivity contribution in [2.75, 3.05) is 13.6 Å². The molecule has 1 N–H and O–H groups in total. The average molecular weight is 296 g/mol. The molecule has 3 nitrogen and oxygen atoms in total. The van der Waals surface area contributed by atoms with Gasteiger partial charge in [0.05, 0.1) is 5.69 Å². The van der Waals surface area contributed by atoms with Gasteiger partial charge in [0.2, 0.25) is 0 Å². The maximum atomic E-state index is 13.0. The molecule has 2 aromatic rings. The number of halogens is 2. The summed E-state index contributed by atoms with van der Waals surface area (Å²) in [5, 5.41) is 8.19. The number of likely N-dealkylation sites (N-methyl/N-ethyl adjacent to an activating group) is 1. The molecule has 1 unspecified atom stereocenters. The molecule has 1 aromatic heterocycles. The minimum absolute atomic E-state index is 0.215. The summed E-state index contributed by atoms with van der Waals surface area (Å²) in [4.78, 5) is 0. The van der Waals surface area contributed by atoms with Gasteiger partial charge in [-0.15, -0.1) is 0 Å². The molecule has 0 aliphatic rings. The first-order valence-corrected chi connectivity index (χ1v) is 6.98. The predicted octanol–water partition coefficient (Wildman–Crippen LogP) is 3.07. The van der Waals surface area contributed by atoms with Gasteiger partial charge < -0.3 is 5.32 Å². The Morgan fingerprint density at radius 1 is 1.35 bits per heavy atom. The molecule has 0 saturated carbocycles. The van der Waals surface area contributed by atoms with Crippen molar-refractivity contribution >= 4 is 11.6 Å². The lowest BCUT2D eigenvalue weighted by Gasteiger charge is -2.17. The van der Waals surface area contributed by atoms with E-state index < -0.39 is 0 Å². The van der Waals surface area contributed by atoms with Crippen molar-refractivity contribution in [2.24, 2.45) is 7.05 Å². The zero-order valence-corrected chi connectivity index (χ0v) is 12.7. The third-order valence-electron chi connectivity index (χ3n) is 3.51. The molecule has 0 radical (unpaired) electrons. The lowest BCUT2D eigenvalue weighted by molar-refractivity contribution is 0.610. The molecule has 1 atom stereocenters. The molecule has 5 heteroatoms. The van der Waals surface area contributed by atoms with Gasteiger partial charge in [0.25, 0.3) is 0 Å². The van der Waals surface area contributed by atoms with Gasteiger partial charge in [0.15, 0.2) is 0 Å². The summed E-state index contributed by atoms with van der Waals surface area (Å²) in [6.45, 7) is 2.76. The fourth-order valence-corrected chi connectivity index (χ4v) is 2.69. The molecule has 0 amide bonds. The van der Waals surface area contributed by atoms with Crippen molar-refractivity contribution < 1.29 is 4.39 Å². The first kappa shape index (κ1) is 15.0. The third kappa shape index (κ3) is 3.19. The van der Waals surface area contributed by atoms with Gasteiger partial charge in [-0.25, -0.2) is 4.39 Å². The summed E-state index contributed by atoms with van der Waals surface area (Å²) in [7, 11) is 3.75. The van der Waals surface area contributed by atoms with Gasteiger partial charge in [-0.3, -0.25) is 4.68 Å². The first-order chi connectivity index (χ1) is 9.52. The van der Waals surface area contributed by atoms with Gasteiger partial charge in [-0.2, -0.15) is 5.10 Å². The second-order valence-corrected chi connectivity index (χ2v) is 5.35. The lowest BCUT2D eigenvalue weighted by atomic mass is 9.92. The Kier molecular flexibility index (Phi) is 4.78. The van der Waals surface area contributed by atoms with Crippen molar-refractivity contribution in [1.82, 2.24) is 15.1 Å². The van der Waals surface area contributed by atoms with Crippen LogP contribution >= 0.6 is 11.6 Å². The minimum Gasteiger partial charge on any atom is -0.319 e. The molecule has 0 bridgehead atoms. The van der Waals surface area contributed by atoms with Crippen LogP contribution in [0, 0.1) is 12.7 Å². The molecule has 108 valence electrons. The van der Waals surface area contributed by atoms with Crippen molar-refractivity contribution in [1.29, 1.82) is 0 Å². The quantitative estimate of drug-likeness (QED) is 0.919. The fraction of sp³-hybridized carbons (Fsp3) is 0.400. The molecular formula is C15H19ClFN3. The molecule has 1 heterocycles. The highest BCUT2D eigenvalue weighted by atomic mass is 35.5. The summed E-state index contributed by atoms with van der Waals surface area (Å²) < 4.78 is 14.7. The maximum absolute atomic E-state index is 13.0. The van der Waals surface area contributed by atoms with Crippen LogP contribution in [0.4, 0.5) is 4.39 Å². The van der Waals surface area contributed by atoms with E-state index in [4.69, 9.17) is 11.6 Å². The largest absolute Gasteiger partial charge is 0.319 e. The number of hydrogen-bond donors (Lipinski definition) is 1. The standard InChI is InChI=1S/C15H19ClFN3/c1-10-14(15(16)20(3)19-10)8-12(9-18-2)11-4-6-13(17)7-5-11/h4-7,12,18H,8-9H2,1-3H3. The molecule has 0 fully saturated rings. The average Bonchev–Trinajstić information content (AvgIpc) is 2.65. The third-order valence-corrected chi connectivity index (χ3v) is 3.99. The van der Waals surface area contributed by atoms with E-state index in [1.54, 1.807) is 4.68 Å². The molecule has 0 saturated heterocycles. The second-order valence-electron chi connectivity index (χ2n) is 4.99. The van der Waals surface area contributed by atoms with Crippen molar-refractivity contribution in [3.05, 3.63) is 52.1 Å². The van der Waals surface area contributed by atoms with E-state index in [0.717, 1.165) is 29.8 Å². The monoisotopic (exact) mass is 295 g/mol. The van der Waals surface area contributed by atoms with Crippen molar-refractivity contribution in [2.45, 2.75) is 19.3 Å². The summed E-state index contributed by atoms with van der Waals surface area (Å²) in [5.74, 6) is 0.0218. The van der Waals surface area contributed by atoms with E-state index in [2.05, 4.69) is 10.4 Å². The van der Waals surface area contributed by atoms with Crippen molar-refractivity contribution in [3.63, 3.8) is 0 Å². The van der Waals surface area contributed by atoms with Gasteiger partial charge in [-0.1, -0.05) is 23.7 Å². The van der Waals surface area contributed by atoms with Crippen LogP contribution in [0.15, 0.2) is 24.3 Å². The smallest absolute Gasteiger partial charge is 0.130 e. The van der Waals surface area contributed by atoms with Gasteiger partial charge in [0, 0.05) is 25.1 Å². The Labute approximate surface area is 123 Å². The number of rotatable bonds is 5. The molecule has 0 aliphatic heterocycles. The van der Waals surface area contributed by atoms with E-state index in [0.29, 0.717) is 5.15 Å². The highest BCUT2D eigenvalue weighted by Gasteiger charge is 2.18. The second kappa shape index (κ2) is 6.37. The molecule has 20 heavy (non-hydrogen) atoms. The normalized spacial score (nSPS) is 12.7. The summed E-state index contributed by atoms with van der Waals surface area (Å²) in [5.41, 5.74) is 3.10. The molecule has 0 aliphatic carbocycles. The van der Waals surface area contributed by atoms with E-state index in [1.807, 2.05) is 33.2 Å². The van der Waals surface area contributed by atoms with Crippen LogP contribution in [0.2, 0.25) is 5.15 Å². The highest BCUT2D eigenvalue weighted by molar-refractivity contribution is 6.30. The zero-order valence-electron chi connectivity index (χ0n) is 12.0. The molecular weight excluding hydrogens is 277 g/mol. The number of nitrogens with one attached hydrogen (secondary N) is 1. The first-order valence-electron chi connectivity index (χ1n) is 6.61. The van der Waals surface area contributed by atoms with Crippen LogP contribution in [0.3, 0.4) is 0 Å². The lowest BCUT2D eigenvalue weighted by Crippen LogP contribution is -2.19. The number of aromatic nitrogens is 2. The Balaban J connectivity index is 2.27. The number of benzene rings is 1. The predicted molar refractivity (Wildman–Crippen MR) is 79.7 cm³/mol. The van der Waals surface area contributed by atoms with E-state index in [9.17, 15) is 4.39 Å². The molecule has 0 spiro atoms. The van der Waals surface area contributed by atoms with Gasteiger partial charge in [-0.05, 0) is 38.1 Å². The fourth-order valence-electron chi connectivity index (χ4n) is 2.44. The molecule has 2 rings (SSSR count). The zero-order chi connectivity index (χ0) is 14.7. The molecule has 1 aromatic carbocycles. The Morgan fingerprint density at radius 3 is 2.50 bits per heavy atom. The van der Waals surface area contributed by atoms with Crippen LogP contribution in [-0.4, -0.2) is 23.4 Å². The summed E-state index contributed by atoms with van der Waals surface area (Å²) in [6, 6.07) is 6.65. The van der Waals surface area contributed by atoms with Crippen LogP contribution < -0.4 is 5.32 Å². The minimum atomic E-state index is -0.215. The van der Waals surface area contributed by atoms with E-state index >= 15 is 0 Å². The number of hydrogen-bond acceptors (Lipinski definition) is 2. The van der Waals surface area contributed by atoms with Crippen LogP contribution in [-0.2, 0) is 13.5 Å². The topological polar surface area (TPSA) is 29.9 Å².